The van der Waals surface area contributed by atoms with E-state index in [1.165, 1.54) is 35.6 Å². The molecule has 29 heavy (non-hydrogen) atoms. The zero-order valence-electron chi connectivity index (χ0n) is 16.7. The van der Waals surface area contributed by atoms with Crippen LogP contribution in [0, 0.1) is 5.82 Å². The summed E-state index contributed by atoms with van der Waals surface area (Å²) in [4.78, 5) is 4.18. The molecule has 0 bridgehead atoms. The molecular weight excluding hydrogens is 393 g/mol. The van der Waals surface area contributed by atoms with Crippen LogP contribution < -0.4 is 15.4 Å². The van der Waals surface area contributed by atoms with Gasteiger partial charge in [-0.3, -0.25) is 4.99 Å². The molecule has 0 aliphatic carbocycles. The maximum Gasteiger partial charge on any atom is 0.191 e. The van der Waals surface area contributed by atoms with Gasteiger partial charge in [0.2, 0.25) is 0 Å². The Bertz CT molecular complexity index is 1010. The van der Waals surface area contributed by atoms with Crippen molar-refractivity contribution < 1.29 is 17.5 Å². The number of hydrogen-bond acceptors (Lipinski definition) is 4. The molecule has 0 spiro atoms. The molecule has 0 saturated heterocycles. The fourth-order valence-electron chi connectivity index (χ4n) is 3.30. The third kappa shape index (κ3) is 6.19. The average molecular weight is 420 g/mol. The van der Waals surface area contributed by atoms with Gasteiger partial charge < -0.3 is 15.4 Å². The molecule has 0 saturated carbocycles. The van der Waals surface area contributed by atoms with E-state index in [0.717, 1.165) is 25.2 Å². The summed E-state index contributed by atoms with van der Waals surface area (Å²) in [6, 6.07) is 10.4. The maximum atomic E-state index is 13.6. The summed E-state index contributed by atoms with van der Waals surface area (Å²) in [5, 5.41) is 6.36. The highest BCUT2D eigenvalue weighted by Gasteiger charge is 2.13. The van der Waals surface area contributed by atoms with Crippen molar-refractivity contribution in [3.63, 3.8) is 0 Å². The highest BCUT2D eigenvalue weighted by Crippen LogP contribution is 2.25. The van der Waals surface area contributed by atoms with Crippen molar-refractivity contribution >= 4 is 15.8 Å². The highest BCUT2D eigenvalue weighted by molar-refractivity contribution is 7.89. The standard InChI is InChI=1S/C21H26FN3O3S/c1-23-21(24-9-7-15-3-6-20-16(11-15)8-10-28-20)25-13-18-12-19(22)5-4-17(18)14-29(2,26)27/h3-6,11-12H,7-10,13-14H2,1-2H3,(H2,23,24,25). The van der Waals surface area contributed by atoms with Crippen molar-refractivity contribution in [3.8, 4) is 5.75 Å². The summed E-state index contributed by atoms with van der Waals surface area (Å²) in [5.41, 5.74) is 3.64. The molecule has 0 amide bonds. The molecule has 0 fully saturated rings. The van der Waals surface area contributed by atoms with Crippen molar-refractivity contribution in [2.24, 2.45) is 4.99 Å². The van der Waals surface area contributed by atoms with Crippen molar-refractivity contribution in [1.82, 2.24) is 10.6 Å². The normalized spacial score (nSPS) is 13.7. The Morgan fingerprint density at radius 2 is 2.00 bits per heavy atom. The van der Waals surface area contributed by atoms with E-state index in [1.54, 1.807) is 7.05 Å². The summed E-state index contributed by atoms with van der Waals surface area (Å²) >= 11 is 0. The van der Waals surface area contributed by atoms with Gasteiger partial charge in [0.05, 0.1) is 12.4 Å². The van der Waals surface area contributed by atoms with Crippen LogP contribution in [0.3, 0.4) is 0 Å². The van der Waals surface area contributed by atoms with Gasteiger partial charge in [0.25, 0.3) is 0 Å². The molecule has 0 radical (unpaired) electrons. The number of aliphatic imine (C=N–C) groups is 1. The van der Waals surface area contributed by atoms with Gasteiger partial charge in [0.15, 0.2) is 15.8 Å². The van der Waals surface area contributed by atoms with Gasteiger partial charge in [0.1, 0.15) is 11.6 Å². The molecule has 0 unspecified atom stereocenters. The van der Waals surface area contributed by atoms with Crippen LogP contribution in [0.15, 0.2) is 41.4 Å². The summed E-state index contributed by atoms with van der Waals surface area (Å²) in [6.45, 7) is 1.70. The minimum absolute atomic E-state index is 0.127. The Hall–Kier alpha value is -2.61. The van der Waals surface area contributed by atoms with Crippen LogP contribution in [0.4, 0.5) is 4.39 Å². The van der Waals surface area contributed by atoms with Gasteiger partial charge in [-0.1, -0.05) is 18.2 Å². The summed E-state index contributed by atoms with van der Waals surface area (Å²) in [7, 11) is -1.55. The van der Waals surface area contributed by atoms with Gasteiger partial charge in [0, 0.05) is 32.8 Å². The van der Waals surface area contributed by atoms with E-state index < -0.39 is 15.7 Å². The van der Waals surface area contributed by atoms with Crippen LogP contribution in [0.25, 0.3) is 0 Å². The van der Waals surface area contributed by atoms with E-state index >= 15 is 0 Å². The Balaban J connectivity index is 1.55. The van der Waals surface area contributed by atoms with E-state index in [9.17, 15) is 12.8 Å². The lowest BCUT2D eigenvalue weighted by Gasteiger charge is -2.14. The largest absolute Gasteiger partial charge is 0.493 e. The molecule has 8 heteroatoms. The molecule has 1 aliphatic heterocycles. The number of sulfone groups is 1. The van der Waals surface area contributed by atoms with Crippen LogP contribution in [-0.4, -0.2) is 40.8 Å². The molecule has 2 aromatic rings. The quantitative estimate of drug-likeness (QED) is 0.531. The second-order valence-corrected chi connectivity index (χ2v) is 9.27. The van der Waals surface area contributed by atoms with Crippen molar-refractivity contribution in [2.75, 3.05) is 26.5 Å². The topological polar surface area (TPSA) is 79.8 Å². The van der Waals surface area contributed by atoms with E-state index in [0.29, 0.717) is 23.6 Å². The Labute approximate surface area is 171 Å². The number of ether oxygens (including phenoxy) is 1. The number of rotatable bonds is 7. The summed E-state index contributed by atoms with van der Waals surface area (Å²) in [6.07, 6.45) is 2.94. The van der Waals surface area contributed by atoms with Crippen LogP contribution in [-0.2, 0) is 35.0 Å². The Morgan fingerprint density at radius 3 is 2.76 bits per heavy atom. The molecule has 6 nitrogen and oxygen atoms in total. The lowest BCUT2D eigenvalue weighted by molar-refractivity contribution is 0.357. The van der Waals surface area contributed by atoms with Crippen LogP contribution in [0.2, 0.25) is 0 Å². The molecule has 2 N–H and O–H groups in total. The highest BCUT2D eigenvalue weighted by atomic mass is 32.2. The zero-order chi connectivity index (χ0) is 20.9. The lowest BCUT2D eigenvalue weighted by atomic mass is 10.1. The minimum Gasteiger partial charge on any atom is -0.493 e. The molecule has 0 atom stereocenters. The average Bonchev–Trinajstić information content (AvgIpc) is 3.13. The molecule has 1 heterocycles. The van der Waals surface area contributed by atoms with Gasteiger partial charge in [-0.2, -0.15) is 0 Å². The molecule has 156 valence electrons. The number of benzene rings is 2. The Kier molecular flexibility index (Phi) is 6.74. The number of nitrogens with zero attached hydrogens (tertiary/aromatic N) is 1. The number of fused-ring (bicyclic) bond motifs is 1. The number of halogens is 1. The van der Waals surface area contributed by atoms with Crippen LogP contribution in [0.5, 0.6) is 5.75 Å². The van der Waals surface area contributed by atoms with E-state index in [4.69, 9.17) is 4.74 Å². The second-order valence-electron chi connectivity index (χ2n) is 7.13. The van der Waals surface area contributed by atoms with Gasteiger partial charge >= 0.3 is 0 Å². The Morgan fingerprint density at radius 1 is 1.17 bits per heavy atom. The summed E-state index contributed by atoms with van der Waals surface area (Å²) < 4.78 is 42.4. The monoisotopic (exact) mass is 419 g/mol. The van der Waals surface area contributed by atoms with Crippen LogP contribution >= 0.6 is 0 Å². The van der Waals surface area contributed by atoms with Crippen molar-refractivity contribution in [1.29, 1.82) is 0 Å². The lowest BCUT2D eigenvalue weighted by Crippen LogP contribution is -2.38. The van der Waals surface area contributed by atoms with E-state index in [-0.39, 0.29) is 12.3 Å². The second kappa shape index (κ2) is 9.26. The molecule has 1 aliphatic rings. The van der Waals surface area contributed by atoms with Gasteiger partial charge in [-0.25, -0.2) is 12.8 Å². The number of nitrogens with one attached hydrogen (secondary N) is 2. The van der Waals surface area contributed by atoms with Crippen LogP contribution in [0.1, 0.15) is 22.3 Å². The third-order valence-corrected chi connectivity index (χ3v) is 5.55. The van der Waals surface area contributed by atoms with Gasteiger partial charge in [-0.05, 0) is 46.9 Å². The van der Waals surface area contributed by atoms with E-state index in [2.05, 4.69) is 27.8 Å². The summed E-state index contributed by atoms with van der Waals surface area (Å²) in [5.74, 6) is 1.02. The first-order chi connectivity index (χ1) is 13.8. The number of guanidine groups is 1. The molecule has 3 rings (SSSR count). The molecule has 2 aromatic carbocycles. The molecular formula is C21H26FN3O3S. The van der Waals surface area contributed by atoms with Crippen molar-refractivity contribution in [3.05, 3.63) is 64.5 Å². The number of hydrogen-bond donors (Lipinski definition) is 2. The third-order valence-electron chi connectivity index (χ3n) is 4.72. The minimum atomic E-state index is -3.21. The fourth-order valence-corrected chi connectivity index (χ4v) is 4.15. The predicted octanol–water partition coefficient (Wildman–Crippen LogP) is 2.21. The first-order valence-corrected chi connectivity index (χ1v) is 11.5. The van der Waals surface area contributed by atoms with E-state index in [1.807, 2.05) is 6.07 Å². The fraction of sp³-hybridized carbons (Fsp3) is 0.381. The van der Waals surface area contributed by atoms with Gasteiger partial charge in [-0.15, -0.1) is 0 Å². The molecule has 0 aromatic heterocycles. The SMILES string of the molecule is CN=C(NCCc1ccc2c(c1)CCO2)NCc1cc(F)ccc1CS(C)(=O)=O. The predicted molar refractivity (Wildman–Crippen MR) is 112 cm³/mol. The smallest absolute Gasteiger partial charge is 0.191 e. The van der Waals surface area contributed by atoms with Crippen molar-refractivity contribution in [2.45, 2.75) is 25.1 Å². The zero-order valence-corrected chi connectivity index (χ0v) is 17.5. The first kappa shape index (κ1) is 21.1. The maximum absolute atomic E-state index is 13.6. The first-order valence-electron chi connectivity index (χ1n) is 9.48.